The molecule has 2 aliphatic heterocycles. The van der Waals surface area contributed by atoms with Crippen LogP contribution in [-0.2, 0) is 11.8 Å². The van der Waals surface area contributed by atoms with E-state index in [2.05, 4.69) is 28.1 Å². The summed E-state index contributed by atoms with van der Waals surface area (Å²) in [6.07, 6.45) is 9.88. The summed E-state index contributed by atoms with van der Waals surface area (Å²) in [6.45, 7) is 2.15. The number of aryl methyl sites for hydroxylation is 1. The molecule has 4 atom stereocenters. The van der Waals surface area contributed by atoms with E-state index in [1.807, 2.05) is 17.9 Å². The monoisotopic (exact) mass is 302 g/mol. The molecule has 0 unspecified atom stereocenters. The van der Waals surface area contributed by atoms with Gasteiger partial charge in [0.05, 0.1) is 6.20 Å². The van der Waals surface area contributed by atoms with Crippen molar-refractivity contribution < 1.29 is 4.79 Å². The largest absolute Gasteiger partial charge is 0.338 e. The van der Waals surface area contributed by atoms with Crippen molar-refractivity contribution in [2.45, 2.75) is 50.1 Å². The number of likely N-dealkylation sites (N-methyl/N-ethyl adjacent to an activating group) is 1. The van der Waals surface area contributed by atoms with E-state index in [1.54, 1.807) is 0 Å². The fraction of sp³-hybridized carbons (Fsp3) is 0.765. The first-order chi connectivity index (χ1) is 10.6. The fourth-order valence-corrected chi connectivity index (χ4v) is 4.57. The number of aromatic nitrogens is 2. The van der Waals surface area contributed by atoms with Gasteiger partial charge in [-0.2, -0.15) is 5.10 Å². The number of carbonyl (C=O) groups excluding carboxylic acids is 1. The zero-order valence-electron chi connectivity index (χ0n) is 13.6. The van der Waals surface area contributed by atoms with Crippen LogP contribution < -0.4 is 0 Å². The van der Waals surface area contributed by atoms with Crippen LogP contribution in [0.15, 0.2) is 12.4 Å². The van der Waals surface area contributed by atoms with Gasteiger partial charge in [-0.25, -0.2) is 0 Å². The molecule has 3 aliphatic rings. The Labute approximate surface area is 132 Å². The smallest absolute Gasteiger partial charge is 0.226 e. The highest BCUT2D eigenvalue weighted by atomic mass is 16.2. The Morgan fingerprint density at radius 2 is 1.95 bits per heavy atom. The molecule has 2 saturated heterocycles. The van der Waals surface area contributed by atoms with E-state index in [1.165, 1.54) is 37.8 Å². The first-order valence-corrected chi connectivity index (χ1v) is 8.64. The molecule has 4 rings (SSSR count). The summed E-state index contributed by atoms with van der Waals surface area (Å²) in [7, 11) is 4.16. The lowest BCUT2D eigenvalue weighted by Gasteiger charge is -2.33. The summed E-state index contributed by atoms with van der Waals surface area (Å²) in [4.78, 5) is 17.6. The van der Waals surface area contributed by atoms with Crippen LogP contribution >= 0.6 is 0 Å². The number of carbonyl (C=O) groups is 1. The maximum absolute atomic E-state index is 13.0. The van der Waals surface area contributed by atoms with Crippen LogP contribution in [0.2, 0.25) is 0 Å². The average molecular weight is 302 g/mol. The first kappa shape index (κ1) is 14.2. The second-order valence-electron chi connectivity index (χ2n) is 7.33. The summed E-state index contributed by atoms with van der Waals surface area (Å²) in [5.41, 5.74) is 1.23. The molecule has 120 valence electrons. The number of nitrogens with zero attached hydrogens (tertiary/aromatic N) is 4. The summed E-state index contributed by atoms with van der Waals surface area (Å²) >= 11 is 0. The molecule has 3 heterocycles. The first-order valence-electron chi connectivity index (χ1n) is 8.64. The maximum Gasteiger partial charge on any atom is 0.226 e. The molecular weight excluding hydrogens is 276 g/mol. The van der Waals surface area contributed by atoms with Gasteiger partial charge in [-0.15, -0.1) is 0 Å². The van der Waals surface area contributed by atoms with Crippen molar-refractivity contribution in [3.63, 3.8) is 0 Å². The zero-order chi connectivity index (χ0) is 15.3. The van der Waals surface area contributed by atoms with Gasteiger partial charge in [0.2, 0.25) is 5.91 Å². The van der Waals surface area contributed by atoms with Crippen LogP contribution in [0, 0.1) is 5.92 Å². The topological polar surface area (TPSA) is 41.4 Å². The predicted octanol–water partition coefficient (Wildman–Crippen LogP) is 1.61. The Hall–Kier alpha value is -1.36. The molecule has 3 fully saturated rings. The molecule has 5 heteroatoms. The molecule has 5 nitrogen and oxygen atoms in total. The summed E-state index contributed by atoms with van der Waals surface area (Å²) in [5.74, 6) is 1.01. The normalized spacial score (nSPS) is 35.3. The van der Waals surface area contributed by atoms with Gasteiger partial charge < -0.3 is 9.80 Å². The minimum Gasteiger partial charge on any atom is -0.338 e. The number of likely N-dealkylation sites (tertiary alicyclic amines) is 2. The van der Waals surface area contributed by atoms with Gasteiger partial charge in [-0.1, -0.05) is 0 Å². The molecule has 1 saturated carbocycles. The molecule has 1 aromatic rings. The average Bonchev–Trinajstić information content (AvgIpc) is 2.84. The Kier molecular flexibility index (Phi) is 3.48. The Bertz CT molecular complexity index is 569. The summed E-state index contributed by atoms with van der Waals surface area (Å²) in [5, 5.41) is 4.24. The third-order valence-electron chi connectivity index (χ3n) is 5.86. The number of amides is 1. The van der Waals surface area contributed by atoms with Gasteiger partial charge >= 0.3 is 0 Å². The third kappa shape index (κ3) is 2.35. The van der Waals surface area contributed by atoms with Gasteiger partial charge in [0.15, 0.2) is 0 Å². The van der Waals surface area contributed by atoms with Gasteiger partial charge in [0, 0.05) is 37.8 Å². The van der Waals surface area contributed by atoms with Crippen LogP contribution in [0.5, 0.6) is 0 Å². The van der Waals surface area contributed by atoms with E-state index < -0.39 is 0 Å². The van der Waals surface area contributed by atoms with Crippen molar-refractivity contribution in [2.75, 3.05) is 20.1 Å². The molecule has 0 N–H and O–H groups in total. The van der Waals surface area contributed by atoms with Gasteiger partial charge in [-0.3, -0.25) is 9.48 Å². The molecule has 22 heavy (non-hydrogen) atoms. The van der Waals surface area contributed by atoms with Gasteiger partial charge in [-0.05, 0) is 57.2 Å². The Balaban J connectivity index is 1.44. The molecule has 1 amide bonds. The van der Waals surface area contributed by atoms with Crippen molar-refractivity contribution >= 4 is 5.91 Å². The minimum atomic E-state index is 0.205. The van der Waals surface area contributed by atoms with E-state index >= 15 is 0 Å². The van der Waals surface area contributed by atoms with E-state index in [4.69, 9.17) is 0 Å². The quantitative estimate of drug-likeness (QED) is 0.852. The van der Waals surface area contributed by atoms with E-state index in [0.29, 0.717) is 23.9 Å². The maximum atomic E-state index is 13.0. The van der Waals surface area contributed by atoms with Crippen LogP contribution in [-0.4, -0.2) is 57.7 Å². The van der Waals surface area contributed by atoms with E-state index in [0.717, 1.165) is 13.0 Å². The molecule has 1 aliphatic carbocycles. The van der Waals surface area contributed by atoms with Gasteiger partial charge in [0.25, 0.3) is 0 Å². The van der Waals surface area contributed by atoms with E-state index in [9.17, 15) is 4.79 Å². The fourth-order valence-electron chi connectivity index (χ4n) is 4.57. The van der Waals surface area contributed by atoms with Crippen molar-refractivity contribution in [3.8, 4) is 0 Å². The molecule has 0 aromatic carbocycles. The molecular formula is C17H26N4O. The van der Waals surface area contributed by atoms with Crippen molar-refractivity contribution in [1.82, 2.24) is 19.6 Å². The lowest BCUT2D eigenvalue weighted by atomic mass is 10.0. The standard InChI is InChI=1S/C17H26N4O/c1-19-7-3-5-15(19)16-6-4-8-21(16)17(22)14-9-13(14)12-10-18-20(2)11-12/h10-11,13-16H,3-9H2,1-2H3/t13-,14-,15-,16+/m1/s1. The van der Waals surface area contributed by atoms with Gasteiger partial charge in [0.1, 0.15) is 0 Å². The predicted molar refractivity (Wildman–Crippen MR) is 84.4 cm³/mol. The van der Waals surface area contributed by atoms with Crippen molar-refractivity contribution in [1.29, 1.82) is 0 Å². The molecule has 0 bridgehead atoms. The van der Waals surface area contributed by atoms with E-state index in [-0.39, 0.29) is 5.92 Å². The highest BCUT2D eigenvalue weighted by Gasteiger charge is 2.49. The highest BCUT2D eigenvalue weighted by Crippen LogP contribution is 2.49. The van der Waals surface area contributed by atoms with Crippen molar-refractivity contribution in [3.05, 3.63) is 18.0 Å². The van der Waals surface area contributed by atoms with Crippen LogP contribution in [0.1, 0.15) is 43.6 Å². The number of hydrogen-bond acceptors (Lipinski definition) is 3. The number of rotatable bonds is 3. The lowest BCUT2D eigenvalue weighted by molar-refractivity contribution is -0.134. The highest BCUT2D eigenvalue weighted by molar-refractivity contribution is 5.83. The Morgan fingerprint density at radius 1 is 1.18 bits per heavy atom. The van der Waals surface area contributed by atoms with Crippen LogP contribution in [0.3, 0.4) is 0 Å². The third-order valence-corrected chi connectivity index (χ3v) is 5.86. The van der Waals surface area contributed by atoms with Crippen molar-refractivity contribution in [2.24, 2.45) is 13.0 Å². The lowest BCUT2D eigenvalue weighted by Crippen LogP contribution is -2.47. The summed E-state index contributed by atoms with van der Waals surface area (Å²) in [6, 6.07) is 1.04. The second-order valence-corrected chi connectivity index (χ2v) is 7.33. The summed E-state index contributed by atoms with van der Waals surface area (Å²) < 4.78 is 1.83. The van der Waals surface area contributed by atoms with Crippen LogP contribution in [0.25, 0.3) is 0 Å². The number of hydrogen-bond donors (Lipinski definition) is 0. The molecule has 1 aromatic heterocycles. The second kappa shape index (κ2) is 5.37. The van der Waals surface area contributed by atoms with Crippen LogP contribution in [0.4, 0.5) is 0 Å². The molecule has 0 radical (unpaired) electrons. The minimum absolute atomic E-state index is 0.205. The zero-order valence-corrected chi connectivity index (χ0v) is 13.6. The SMILES string of the molecule is CN1CCC[C@@H]1[C@@H]1CCCN1C(=O)[C@@H]1C[C@@H]1c1cnn(C)c1. The molecule has 0 spiro atoms. The Morgan fingerprint density at radius 3 is 2.64 bits per heavy atom.